The molecule has 25 heavy (non-hydrogen) atoms. The number of benzene rings is 2. The van der Waals surface area contributed by atoms with Gasteiger partial charge in [0.25, 0.3) is 0 Å². The molecule has 1 fully saturated rings. The van der Waals surface area contributed by atoms with Gasteiger partial charge in [0.1, 0.15) is 0 Å². The number of ether oxygens (including phenoxy) is 1. The van der Waals surface area contributed by atoms with Crippen LogP contribution >= 0.6 is 0 Å². The molecule has 1 aliphatic rings. The molecule has 0 aliphatic carbocycles. The topological polar surface area (TPSA) is 29.5 Å². The summed E-state index contributed by atoms with van der Waals surface area (Å²) in [5, 5.41) is 0. The van der Waals surface area contributed by atoms with E-state index in [4.69, 9.17) is 4.74 Å². The summed E-state index contributed by atoms with van der Waals surface area (Å²) < 4.78 is 5.10. The van der Waals surface area contributed by atoms with Crippen LogP contribution < -0.4 is 0 Å². The first-order valence-corrected chi connectivity index (χ1v) is 9.02. The number of rotatable bonds is 5. The molecular formula is C22H27NO2. The van der Waals surface area contributed by atoms with E-state index in [0.29, 0.717) is 5.92 Å². The Morgan fingerprint density at radius 2 is 1.88 bits per heavy atom. The Hall–Kier alpha value is -2.13. The fraction of sp³-hybridized carbons (Fsp3) is 0.409. The highest BCUT2D eigenvalue weighted by atomic mass is 16.5. The molecule has 1 saturated heterocycles. The van der Waals surface area contributed by atoms with Crippen LogP contribution in [0.3, 0.4) is 0 Å². The molecule has 2 aromatic rings. The number of carbonyl (C=O) groups is 1. The summed E-state index contributed by atoms with van der Waals surface area (Å²) in [4.78, 5) is 14.7. The summed E-state index contributed by atoms with van der Waals surface area (Å²) >= 11 is 0. The van der Waals surface area contributed by atoms with Crippen molar-refractivity contribution in [2.24, 2.45) is 5.92 Å². The molecule has 1 aliphatic heterocycles. The van der Waals surface area contributed by atoms with E-state index in [-0.39, 0.29) is 17.8 Å². The fourth-order valence-electron chi connectivity index (χ4n) is 3.73. The number of nitrogens with zero attached hydrogens (tertiary/aromatic N) is 1. The Morgan fingerprint density at radius 1 is 1.12 bits per heavy atom. The van der Waals surface area contributed by atoms with E-state index in [9.17, 15) is 4.79 Å². The van der Waals surface area contributed by atoms with E-state index in [1.54, 1.807) is 0 Å². The molecule has 2 aromatic carbocycles. The molecule has 3 heteroatoms. The van der Waals surface area contributed by atoms with Crippen molar-refractivity contribution in [1.82, 2.24) is 4.90 Å². The van der Waals surface area contributed by atoms with Gasteiger partial charge in [-0.1, -0.05) is 68.4 Å². The molecule has 0 unspecified atom stereocenters. The zero-order valence-electron chi connectivity index (χ0n) is 15.3. The monoisotopic (exact) mass is 337 g/mol. The van der Waals surface area contributed by atoms with Crippen molar-refractivity contribution < 1.29 is 9.53 Å². The highest BCUT2D eigenvalue weighted by Gasteiger charge is 2.39. The molecule has 3 rings (SSSR count). The van der Waals surface area contributed by atoms with Gasteiger partial charge in [-0.05, 0) is 22.6 Å². The van der Waals surface area contributed by atoms with Crippen molar-refractivity contribution in [2.45, 2.75) is 32.2 Å². The fourth-order valence-corrected chi connectivity index (χ4v) is 3.73. The molecule has 3 nitrogen and oxygen atoms in total. The zero-order valence-corrected chi connectivity index (χ0v) is 15.3. The highest BCUT2D eigenvalue weighted by molar-refractivity contribution is 5.74. The van der Waals surface area contributed by atoms with Crippen LogP contribution in [0.2, 0.25) is 0 Å². The number of hydrogen-bond acceptors (Lipinski definition) is 3. The van der Waals surface area contributed by atoms with Gasteiger partial charge >= 0.3 is 5.97 Å². The molecule has 0 aromatic heterocycles. The minimum absolute atomic E-state index is 0.101. The molecule has 0 radical (unpaired) electrons. The van der Waals surface area contributed by atoms with Crippen molar-refractivity contribution in [1.29, 1.82) is 0 Å². The molecule has 0 amide bonds. The van der Waals surface area contributed by atoms with Crippen molar-refractivity contribution in [3.8, 4) is 0 Å². The third kappa shape index (κ3) is 4.10. The molecule has 0 spiro atoms. The number of likely N-dealkylation sites (tertiary alicyclic amines) is 1. The van der Waals surface area contributed by atoms with Gasteiger partial charge in [0, 0.05) is 25.6 Å². The van der Waals surface area contributed by atoms with Gasteiger partial charge in [-0.15, -0.1) is 0 Å². The number of carbonyl (C=O) groups excluding carboxylic acids is 1. The van der Waals surface area contributed by atoms with Crippen molar-refractivity contribution >= 4 is 5.97 Å². The molecule has 0 bridgehead atoms. The van der Waals surface area contributed by atoms with Crippen LogP contribution in [0.5, 0.6) is 0 Å². The van der Waals surface area contributed by atoms with Crippen LogP contribution in [0.4, 0.5) is 0 Å². The maximum absolute atomic E-state index is 12.4. The molecule has 0 N–H and O–H groups in total. The average Bonchev–Trinajstić information content (AvgIpc) is 3.06. The van der Waals surface area contributed by atoms with Gasteiger partial charge in [-0.3, -0.25) is 9.69 Å². The SMILES string of the molecule is COC(=O)[C@H]1CN(Cc2ccccc2)C[C@@H]1c1cccc(C(C)C)c1. The maximum Gasteiger partial charge on any atom is 0.310 e. The highest BCUT2D eigenvalue weighted by Crippen LogP contribution is 2.35. The smallest absolute Gasteiger partial charge is 0.310 e. The summed E-state index contributed by atoms with van der Waals surface area (Å²) in [7, 11) is 1.49. The third-order valence-electron chi connectivity index (χ3n) is 5.15. The summed E-state index contributed by atoms with van der Waals surface area (Å²) in [5.74, 6) is 0.472. The average molecular weight is 337 g/mol. The lowest BCUT2D eigenvalue weighted by molar-refractivity contribution is -0.145. The van der Waals surface area contributed by atoms with Crippen LogP contribution in [0, 0.1) is 5.92 Å². The second-order valence-electron chi connectivity index (χ2n) is 7.24. The first-order chi connectivity index (χ1) is 12.1. The van der Waals surface area contributed by atoms with Crippen LogP contribution in [-0.2, 0) is 16.1 Å². The van der Waals surface area contributed by atoms with Gasteiger partial charge in [-0.25, -0.2) is 0 Å². The van der Waals surface area contributed by atoms with E-state index in [2.05, 4.69) is 67.3 Å². The summed E-state index contributed by atoms with van der Waals surface area (Å²) in [5.41, 5.74) is 3.85. The normalized spacial score (nSPS) is 20.8. The summed E-state index contributed by atoms with van der Waals surface area (Å²) in [6, 6.07) is 19.1. The van der Waals surface area contributed by atoms with Gasteiger partial charge in [0.15, 0.2) is 0 Å². The lowest BCUT2D eigenvalue weighted by Gasteiger charge is -2.18. The first kappa shape index (κ1) is 17.7. The Labute approximate surface area is 150 Å². The first-order valence-electron chi connectivity index (χ1n) is 9.02. The van der Waals surface area contributed by atoms with E-state index in [0.717, 1.165) is 19.6 Å². The predicted octanol–water partition coefficient (Wildman–Crippen LogP) is 4.20. The van der Waals surface area contributed by atoms with Crippen molar-refractivity contribution in [3.05, 3.63) is 71.3 Å². The van der Waals surface area contributed by atoms with Crippen LogP contribution in [0.25, 0.3) is 0 Å². The summed E-state index contributed by atoms with van der Waals surface area (Å²) in [6.45, 7) is 6.91. The predicted molar refractivity (Wildman–Crippen MR) is 100 cm³/mol. The number of hydrogen-bond donors (Lipinski definition) is 0. The van der Waals surface area contributed by atoms with Gasteiger partial charge < -0.3 is 4.74 Å². The minimum atomic E-state index is -0.101. The standard InChI is InChI=1S/C22H27NO2/c1-16(2)18-10-7-11-19(12-18)20-14-23(15-21(20)22(24)25-3)13-17-8-5-4-6-9-17/h4-12,16,20-21H,13-15H2,1-3H3/t20-,21+/m1/s1. The van der Waals surface area contributed by atoms with Gasteiger partial charge in [0.2, 0.25) is 0 Å². The Balaban J connectivity index is 1.83. The van der Waals surface area contributed by atoms with Crippen LogP contribution in [-0.4, -0.2) is 31.1 Å². The molecule has 132 valence electrons. The second kappa shape index (κ2) is 7.83. The zero-order chi connectivity index (χ0) is 17.8. The van der Waals surface area contributed by atoms with E-state index in [1.165, 1.54) is 23.8 Å². The Bertz CT molecular complexity index is 711. The Morgan fingerprint density at radius 3 is 2.56 bits per heavy atom. The number of methoxy groups -OCH3 is 1. The lowest BCUT2D eigenvalue weighted by Crippen LogP contribution is -2.24. The van der Waals surface area contributed by atoms with E-state index < -0.39 is 0 Å². The van der Waals surface area contributed by atoms with Gasteiger partial charge in [-0.2, -0.15) is 0 Å². The Kier molecular flexibility index (Phi) is 5.54. The quantitative estimate of drug-likeness (QED) is 0.766. The molecule has 1 heterocycles. The van der Waals surface area contributed by atoms with Crippen molar-refractivity contribution in [2.75, 3.05) is 20.2 Å². The third-order valence-corrected chi connectivity index (χ3v) is 5.15. The van der Waals surface area contributed by atoms with Gasteiger partial charge in [0.05, 0.1) is 13.0 Å². The van der Waals surface area contributed by atoms with Crippen LogP contribution in [0.1, 0.15) is 42.4 Å². The largest absolute Gasteiger partial charge is 0.469 e. The molecule has 2 atom stereocenters. The minimum Gasteiger partial charge on any atom is -0.469 e. The maximum atomic E-state index is 12.4. The van der Waals surface area contributed by atoms with Crippen molar-refractivity contribution in [3.63, 3.8) is 0 Å². The molecule has 0 saturated carbocycles. The summed E-state index contributed by atoms with van der Waals surface area (Å²) in [6.07, 6.45) is 0. The van der Waals surface area contributed by atoms with E-state index >= 15 is 0 Å². The lowest BCUT2D eigenvalue weighted by atomic mass is 9.87. The number of esters is 1. The van der Waals surface area contributed by atoms with Crippen LogP contribution in [0.15, 0.2) is 54.6 Å². The second-order valence-corrected chi connectivity index (χ2v) is 7.24. The van der Waals surface area contributed by atoms with E-state index in [1.807, 2.05) is 6.07 Å². The molecular weight excluding hydrogens is 310 g/mol.